The molecular weight excluding hydrogens is 256 g/mol. The van der Waals surface area contributed by atoms with Gasteiger partial charge in [0, 0.05) is 11.1 Å². The molecule has 4 nitrogen and oxygen atoms in total. The highest BCUT2D eigenvalue weighted by Gasteiger charge is 2.07. The Balaban J connectivity index is 1.88. The van der Waals surface area contributed by atoms with Crippen LogP contribution in [0.4, 0.5) is 0 Å². The largest absolute Gasteiger partial charge is 0.459 e. The van der Waals surface area contributed by atoms with Crippen LogP contribution < -0.4 is 0 Å². The van der Waals surface area contributed by atoms with E-state index < -0.39 is 0 Å². The third kappa shape index (κ3) is 2.29. The van der Waals surface area contributed by atoms with Crippen LogP contribution in [0.2, 0.25) is 0 Å². The van der Waals surface area contributed by atoms with Crippen molar-refractivity contribution in [2.45, 2.75) is 6.61 Å². The Morgan fingerprint density at radius 2 is 1.45 bits per heavy atom. The van der Waals surface area contributed by atoms with E-state index in [1.54, 1.807) is 18.2 Å². The fourth-order valence-electron chi connectivity index (χ4n) is 1.99. The van der Waals surface area contributed by atoms with E-state index in [1.807, 2.05) is 30.3 Å². The second-order valence-electron chi connectivity index (χ2n) is 4.32. The maximum atomic E-state index is 10.6. The minimum Gasteiger partial charge on any atom is -0.459 e. The lowest BCUT2D eigenvalue weighted by molar-refractivity contribution is 0.110. The molecule has 0 aliphatic rings. The van der Waals surface area contributed by atoms with Gasteiger partial charge in [0.1, 0.15) is 23.9 Å². The summed E-state index contributed by atoms with van der Waals surface area (Å²) in [6.45, 7) is -0.112. The van der Waals surface area contributed by atoms with Crippen LogP contribution in [-0.4, -0.2) is 11.4 Å². The molecule has 0 aliphatic carbocycles. The molecule has 2 heterocycles. The third-order valence-electron chi connectivity index (χ3n) is 3.01. The number of carbonyl (C=O) groups excluding carboxylic acids is 1. The van der Waals surface area contributed by atoms with Gasteiger partial charge in [-0.25, -0.2) is 0 Å². The predicted octanol–water partition coefficient (Wildman–Crippen LogP) is 3.51. The van der Waals surface area contributed by atoms with Gasteiger partial charge in [-0.15, -0.1) is 0 Å². The number of carbonyl (C=O) groups is 1. The number of aldehydes is 1. The monoisotopic (exact) mass is 268 g/mol. The van der Waals surface area contributed by atoms with Gasteiger partial charge in [-0.2, -0.15) is 0 Å². The van der Waals surface area contributed by atoms with Crippen LogP contribution in [0.25, 0.3) is 22.6 Å². The summed E-state index contributed by atoms with van der Waals surface area (Å²) in [5.41, 5.74) is 1.80. The summed E-state index contributed by atoms with van der Waals surface area (Å²) in [7, 11) is 0. The van der Waals surface area contributed by atoms with E-state index in [1.165, 1.54) is 0 Å². The molecule has 0 fully saturated rings. The molecule has 4 heteroatoms. The Bertz CT molecular complexity index is 719. The normalized spacial score (nSPS) is 10.7. The molecule has 2 aromatic heterocycles. The van der Waals surface area contributed by atoms with Crippen LogP contribution in [0.3, 0.4) is 0 Å². The topological polar surface area (TPSA) is 63.6 Å². The third-order valence-corrected chi connectivity index (χ3v) is 3.01. The van der Waals surface area contributed by atoms with E-state index in [9.17, 15) is 4.79 Å². The molecule has 0 radical (unpaired) electrons. The molecular formula is C16H12O4. The van der Waals surface area contributed by atoms with Crippen LogP contribution in [-0.2, 0) is 6.61 Å². The van der Waals surface area contributed by atoms with Gasteiger partial charge in [0.05, 0.1) is 0 Å². The number of benzene rings is 1. The van der Waals surface area contributed by atoms with Gasteiger partial charge < -0.3 is 13.9 Å². The van der Waals surface area contributed by atoms with Crippen molar-refractivity contribution in [3.05, 3.63) is 60.1 Å². The summed E-state index contributed by atoms with van der Waals surface area (Å²) < 4.78 is 10.8. The summed E-state index contributed by atoms with van der Waals surface area (Å²) in [6, 6.07) is 14.5. The molecule has 0 saturated carbocycles. The first-order valence-electron chi connectivity index (χ1n) is 6.15. The SMILES string of the molecule is O=Cc1ccc(-c2ccc(-c3ccc(CO)o3)cc2)o1. The maximum absolute atomic E-state index is 10.6. The second-order valence-corrected chi connectivity index (χ2v) is 4.32. The zero-order chi connectivity index (χ0) is 13.9. The van der Waals surface area contributed by atoms with E-state index >= 15 is 0 Å². The Morgan fingerprint density at radius 3 is 1.95 bits per heavy atom. The standard InChI is InChI=1S/C16H12O4/c17-9-13-5-7-15(19-13)11-1-2-12(4-3-11)16-8-6-14(10-18)20-16/h1-9,18H,10H2. The zero-order valence-electron chi connectivity index (χ0n) is 10.6. The van der Waals surface area contributed by atoms with Crippen molar-refractivity contribution >= 4 is 6.29 Å². The highest BCUT2D eigenvalue weighted by atomic mass is 16.4. The molecule has 0 aliphatic heterocycles. The quantitative estimate of drug-likeness (QED) is 0.735. The fraction of sp³-hybridized carbons (Fsp3) is 0.0625. The predicted molar refractivity (Wildman–Crippen MR) is 73.2 cm³/mol. The molecule has 1 N–H and O–H groups in total. The second kappa shape index (κ2) is 5.19. The molecule has 0 atom stereocenters. The first kappa shape index (κ1) is 12.4. The molecule has 0 bridgehead atoms. The Kier molecular flexibility index (Phi) is 3.23. The van der Waals surface area contributed by atoms with Gasteiger partial charge in [-0.1, -0.05) is 24.3 Å². The number of aliphatic hydroxyl groups excluding tert-OH is 1. The van der Waals surface area contributed by atoms with Gasteiger partial charge in [0.25, 0.3) is 0 Å². The van der Waals surface area contributed by atoms with Crippen LogP contribution >= 0.6 is 0 Å². The van der Waals surface area contributed by atoms with Crippen LogP contribution in [0.15, 0.2) is 57.4 Å². The molecule has 3 aromatic rings. The van der Waals surface area contributed by atoms with Crippen molar-refractivity contribution < 1.29 is 18.7 Å². The average Bonchev–Trinajstić information content (AvgIpc) is 3.16. The molecule has 0 saturated heterocycles. The zero-order valence-corrected chi connectivity index (χ0v) is 10.6. The van der Waals surface area contributed by atoms with Gasteiger partial charge in [0.2, 0.25) is 0 Å². The van der Waals surface area contributed by atoms with Crippen molar-refractivity contribution in [1.82, 2.24) is 0 Å². The van der Waals surface area contributed by atoms with Gasteiger partial charge in [-0.05, 0) is 24.3 Å². The molecule has 0 spiro atoms. The Hall–Kier alpha value is -2.59. The van der Waals surface area contributed by atoms with Crippen molar-refractivity contribution in [2.24, 2.45) is 0 Å². The lowest BCUT2D eigenvalue weighted by Gasteiger charge is -2.00. The molecule has 0 unspecified atom stereocenters. The maximum Gasteiger partial charge on any atom is 0.185 e. The number of hydrogen-bond acceptors (Lipinski definition) is 4. The number of rotatable bonds is 4. The highest BCUT2D eigenvalue weighted by Crippen LogP contribution is 2.27. The van der Waals surface area contributed by atoms with E-state index in [4.69, 9.17) is 13.9 Å². The van der Waals surface area contributed by atoms with Crippen LogP contribution in [0.1, 0.15) is 16.3 Å². The summed E-state index contributed by atoms with van der Waals surface area (Å²) in [6.07, 6.45) is 0.678. The highest BCUT2D eigenvalue weighted by molar-refractivity contribution is 5.73. The summed E-state index contributed by atoms with van der Waals surface area (Å²) in [5, 5.41) is 8.98. The van der Waals surface area contributed by atoms with Crippen molar-refractivity contribution in [3.63, 3.8) is 0 Å². The summed E-state index contributed by atoms with van der Waals surface area (Å²) in [4.78, 5) is 10.6. The minimum absolute atomic E-state index is 0.112. The Labute approximate surface area is 115 Å². The first-order valence-corrected chi connectivity index (χ1v) is 6.15. The Morgan fingerprint density at radius 1 is 0.850 bits per heavy atom. The van der Waals surface area contributed by atoms with Crippen molar-refractivity contribution in [3.8, 4) is 22.6 Å². The molecule has 20 heavy (non-hydrogen) atoms. The summed E-state index contributed by atoms with van der Waals surface area (Å²) in [5.74, 6) is 2.19. The smallest absolute Gasteiger partial charge is 0.185 e. The van der Waals surface area contributed by atoms with Gasteiger partial charge in [-0.3, -0.25) is 4.79 Å². The van der Waals surface area contributed by atoms with Gasteiger partial charge in [0.15, 0.2) is 12.0 Å². The van der Waals surface area contributed by atoms with Crippen LogP contribution in [0, 0.1) is 0 Å². The van der Waals surface area contributed by atoms with E-state index in [0.29, 0.717) is 29.3 Å². The molecule has 1 aromatic carbocycles. The number of aliphatic hydroxyl groups is 1. The average molecular weight is 268 g/mol. The minimum atomic E-state index is -0.112. The first-order chi connectivity index (χ1) is 9.80. The lowest BCUT2D eigenvalue weighted by Crippen LogP contribution is -1.78. The van der Waals surface area contributed by atoms with E-state index in [2.05, 4.69) is 0 Å². The van der Waals surface area contributed by atoms with Gasteiger partial charge >= 0.3 is 0 Å². The van der Waals surface area contributed by atoms with E-state index in [0.717, 1.165) is 11.1 Å². The molecule has 3 rings (SSSR count). The fourth-order valence-corrected chi connectivity index (χ4v) is 1.99. The van der Waals surface area contributed by atoms with Crippen molar-refractivity contribution in [2.75, 3.05) is 0 Å². The number of hydrogen-bond donors (Lipinski definition) is 1. The summed E-state index contributed by atoms with van der Waals surface area (Å²) >= 11 is 0. The molecule has 100 valence electrons. The molecule has 0 amide bonds. The van der Waals surface area contributed by atoms with Crippen molar-refractivity contribution in [1.29, 1.82) is 0 Å². The number of furan rings is 2. The van der Waals surface area contributed by atoms with E-state index in [-0.39, 0.29) is 6.61 Å². The van der Waals surface area contributed by atoms with Crippen LogP contribution in [0.5, 0.6) is 0 Å². The lowest BCUT2D eigenvalue weighted by atomic mass is 10.1.